The molecule has 0 bridgehead atoms. The van der Waals surface area contributed by atoms with Crippen molar-refractivity contribution >= 4 is 11.7 Å². The fraction of sp³-hybridized carbons (Fsp3) is 0.318. The highest BCUT2D eigenvalue weighted by Gasteiger charge is 2.34. The van der Waals surface area contributed by atoms with E-state index in [0.29, 0.717) is 12.1 Å². The molecular weight excluding hydrogens is 448 g/mol. The topological polar surface area (TPSA) is 159 Å². The number of carbonyl (C=O) groups is 1. The van der Waals surface area contributed by atoms with Crippen LogP contribution in [0.3, 0.4) is 0 Å². The number of nitro benzene ring substituents is 1. The number of aryl methyl sites for hydroxylation is 2. The van der Waals surface area contributed by atoms with Gasteiger partial charge in [0.2, 0.25) is 6.79 Å². The molecule has 0 unspecified atom stereocenters. The number of carbonyl (C=O) groups excluding carboxylic acids is 1. The zero-order chi connectivity index (χ0) is 24.4. The van der Waals surface area contributed by atoms with Crippen LogP contribution in [0.4, 0.5) is 5.69 Å². The predicted octanol–water partition coefficient (Wildman–Crippen LogP) is 2.16. The molecule has 0 saturated heterocycles. The molecule has 0 fully saturated rings. The summed E-state index contributed by atoms with van der Waals surface area (Å²) in [4.78, 5) is 44.0. The van der Waals surface area contributed by atoms with Crippen LogP contribution in [-0.2, 0) is 22.5 Å². The number of hydrogen-bond acceptors (Lipinski definition) is 9. The Balaban J connectivity index is 1.87. The molecule has 178 valence electrons. The molecule has 2 N–H and O–H groups in total. The van der Waals surface area contributed by atoms with E-state index in [-0.39, 0.29) is 47.4 Å². The van der Waals surface area contributed by atoms with Gasteiger partial charge in [0.1, 0.15) is 5.75 Å². The van der Waals surface area contributed by atoms with E-state index in [2.05, 4.69) is 9.97 Å². The van der Waals surface area contributed by atoms with Crippen molar-refractivity contribution < 1.29 is 29.0 Å². The van der Waals surface area contributed by atoms with E-state index in [4.69, 9.17) is 14.2 Å². The fourth-order valence-corrected chi connectivity index (χ4v) is 4.03. The lowest BCUT2D eigenvalue weighted by Gasteiger charge is -2.20. The Morgan fingerprint density at radius 2 is 2.09 bits per heavy atom. The molecule has 3 aromatic rings. The smallest absolute Gasteiger partial charge is 0.306 e. The Labute approximate surface area is 192 Å². The quantitative estimate of drug-likeness (QED) is 0.286. The summed E-state index contributed by atoms with van der Waals surface area (Å²) in [7, 11) is 1.17. The first-order valence-corrected chi connectivity index (χ1v) is 10.4. The number of pyridine rings is 1. The van der Waals surface area contributed by atoms with E-state index in [1.165, 1.54) is 36.2 Å². The summed E-state index contributed by atoms with van der Waals surface area (Å²) >= 11 is 0. The van der Waals surface area contributed by atoms with E-state index >= 15 is 0 Å². The molecule has 0 saturated carbocycles. The van der Waals surface area contributed by atoms with Crippen molar-refractivity contribution in [3.63, 3.8) is 0 Å². The molecule has 0 spiro atoms. The third kappa shape index (κ3) is 4.29. The number of nitrogens with zero attached hydrogens (tertiary/aromatic N) is 3. The molecule has 34 heavy (non-hydrogen) atoms. The van der Waals surface area contributed by atoms with E-state index in [1.807, 2.05) is 0 Å². The van der Waals surface area contributed by atoms with Gasteiger partial charge in [0, 0.05) is 42.0 Å². The number of rotatable bonds is 8. The first-order chi connectivity index (χ1) is 16.3. The molecule has 1 aliphatic rings. The summed E-state index contributed by atoms with van der Waals surface area (Å²) in [5, 5.41) is 22.7. The first kappa shape index (κ1) is 22.8. The van der Waals surface area contributed by atoms with Gasteiger partial charge in [-0.3, -0.25) is 19.7 Å². The average Bonchev–Trinajstić information content (AvgIpc) is 3.48. The number of nitrogens with one attached hydrogen (secondary N) is 1. The minimum absolute atomic E-state index is 0.0241. The van der Waals surface area contributed by atoms with Crippen molar-refractivity contribution in [2.75, 3.05) is 13.9 Å². The van der Waals surface area contributed by atoms with Gasteiger partial charge in [-0.1, -0.05) is 0 Å². The number of fused-ring (bicyclic) bond motifs is 1. The molecular formula is C22H22N4O8. The molecule has 1 aromatic carbocycles. The zero-order valence-corrected chi connectivity index (χ0v) is 18.4. The number of aromatic amines is 1. The molecule has 12 heteroatoms. The number of aromatic nitrogens is 3. The molecule has 0 aliphatic carbocycles. The Morgan fingerprint density at radius 3 is 2.74 bits per heavy atom. The van der Waals surface area contributed by atoms with Gasteiger partial charge < -0.3 is 28.9 Å². The highest BCUT2D eigenvalue weighted by molar-refractivity contribution is 5.73. The van der Waals surface area contributed by atoms with Crippen LogP contribution < -0.4 is 15.0 Å². The van der Waals surface area contributed by atoms with Crippen molar-refractivity contribution in [3.8, 4) is 17.2 Å². The van der Waals surface area contributed by atoms with Crippen LogP contribution in [0.1, 0.15) is 34.9 Å². The fourth-order valence-electron chi connectivity index (χ4n) is 4.03. The Bertz CT molecular complexity index is 1300. The van der Waals surface area contributed by atoms with Gasteiger partial charge in [-0.2, -0.15) is 0 Å². The molecule has 1 atom stereocenters. The van der Waals surface area contributed by atoms with Gasteiger partial charge in [-0.25, -0.2) is 4.98 Å². The lowest BCUT2D eigenvalue weighted by atomic mass is 9.87. The number of benzene rings is 1. The monoisotopic (exact) mass is 470 g/mol. The third-order valence-corrected chi connectivity index (χ3v) is 5.72. The molecule has 12 nitrogen and oxygen atoms in total. The number of methoxy groups -OCH3 is 1. The van der Waals surface area contributed by atoms with E-state index in [9.17, 15) is 24.8 Å². The molecule has 0 amide bonds. The normalized spacial score (nSPS) is 13.0. The van der Waals surface area contributed by atoms with Crippen LogP contribution in [-0.4, -0.2) is 44.4 Å². The van der Waals surface area contributed by atoms with Gasteiger partial charge >= 0.3 is 5.97 Å². The predicted molar refractivity (Wildman–Crippen MR) is 117 cm³/mol. The maximum Gasteiger partial charge on any atom is 0.306 e. The Kier molecular flexibility index (Phi) is 6.21. The number of esters is 1. The zero-order valence-electron chi connectivity index (χ0n) is 18.4. The van der Waals surface area contributed by atoms with E-state index in [1.54, 1.807) is 13.1 Å². The summed E-state index contributed by atoms with van der Waals surface area (Å²) in [6.45, 7) is 1.80. The highest BCUT2D eigenvalue weighted by atomic mass is 16.7. The summed E-state index contributed by atoms with van der Waals surface area (Å²) in [6.07, 6.45) is 3.20. The van der Waals surface area contributed by atoms with Crippen molar-refractivity contribution in [1.82, 2.24) is 14.5 Å². The van der Waals surface area contributed by atoms with Crippen LogP contribution in [0, 0.1) is 17.0 Å². The van der Waals surface area contributed by atoms with Gasteiger partial charge in [-0.15, -0.1) is 0 Å². The molecule has 2 aromatic heterocycles. The maximum absolute atomic E-state index is 13.6. The summed E-state index contributed by atoms with van der Waals surface area (Å²) in [5.74, 6) is -1.84. The minimum Gasteiger partial charge on any atom is -0.507 e. The summed E-state index contributed by atoms with van der Waals surface area (Å²) in [5.41, 5.74) is 0.222. The second-order valence-corrected chi connectivity index (χ2v) is 7.72. The Hall–Kier alpha value is -4.35. The standard InChI is InChI=1S/C22H22N4O8/c1-12-5-17(27)21(22(29)25(12)4-3-13-9-23-10-24-13)15(7-20(28)32-2)14-6-18-19(34-11-33-18)8-16(14)26(30)31/h5-6,8-10,15,27H,3-4,7,11H2,1-2H3,(H,23,24)/t15-/m0/s1. The van der Waals surface area contributed by atoms with Crippen LogP contribution in [0.5, 0.6) is 17.2 Å². The number of hydrogen-bond donors (Lipinski definition) is 2. The van der Waals surface area contributed by atoms with Gasteiger partial charge in [0.25, 0.3) is 11.2 Å². The number of aromatic hydroxyl groups is 1. The largest absolute Gasteiger partial charge is 0.507 e. The first-order valence-electron chi connectivity index (χ1n) is 10.4. The highest BCUT2D eigenvalue weighted by Crippen LogP contribution is 2.44. The van der Waals surface area contributed by atoms with Crippen LogP contribution in [0.15, 0.2) is 35.5 Å². The van der Waals surface area contributed by atoms with Crippen LogP contribution >= 0.6 is 0 Å². The lowest BCUT2D eigenvalue weighted by molar-refractivity contribution is -0.385. The van der Waals surface area contributed by atoms with Crippen LogP contribution in [0.25, 0.3) is 0 Å². The summed E-state index contributed by atoms with van der Waals surface area (Å²) < 4.78 is 16.8. The van der Waals surface area contributed by atoms with E-state index in [0.717, 1.165) is 5.69 Å². The molecule has 4 rings (SSSR count). The van der Waals surface area contributed by atoms with E-state index < -0.39 is 28.8 Å². The third-order valence-electron chi connectivity index (χ3n) is 5.72. The maximum atomic E-state index is 13.6. The van der Waals surface area contributed by atoms with Crippen molar-refractivity contribution in [1.29, 1.82) is 0 Å². The SMILES string of the molecule is COC(=O)C[C@@H](c1cc2c(cc1[N+](=O)[O-])OCO2)c1c(O)cc(C)n(CCc2cnc[nH]2)c1=O. The number of H-pyrrole nitrogens is 1. The van der Waals surface area contributed by atoms with Gasteiger partial charge in [0.05, 0.1) is 36.4 Å². The summed E-state index contributed by atoms with van der Waals surface area (Å²) in [6, 6.07) is 3.94. The lowest BCUT2D eigenvalue weighted by Crippen LogP contribution is -2.29. The second kappa shape index (κ2) is 9.25. The van der Waals surface area contributed by atoms with Crippen LogP contribution in [0.2, 0.25) is 0 Å². The van der Waals surface area contributed by atoms with Gasteiger partial charge in [0.15, 0.2) is 11.5 Å². The average molecular weight is 470 g/mol. The van der Waals surface area contributed by atoms with Crippen molar-refractivity contribution in [2.24, 2.45) is 0 Å². The molecule has 0 radical (unpaired) electrons. The van der Waals surface area contributed by atoms with Gasteiger partial charge in [-0.05, 0) is 19.1 Å². The van der Waals surface area contributed by atoms with Crippen molar-refractivity contribution in [2.45, 2.75) is 32.2 Å². The van der Waals surface area contributed by atoms with Crippen molar-refractivity contribution in [3.05, 3.63) is 73.7 Å². The Morgan fingerprint density at radius 1 is 1.35 bits per heavy atom. The second-order valence-electron chi connectivity index (χ2n) is 7.72. The minimum atomic E-state index is -1.17. The number of imidazole rings is 1. The number of nitro groups is 1. The molecule has 1 aliphatic heterocycles. The number of ether oxygens (including phenoxy) is 3. The molecule has 3 heterocycles.